The van der Waals surface area contributed by atoms with Crippen LogP contribution in [0.15, 0.2) is 53.9 Å². The molecule has 0 radical (unpaired) electrons. The fourth-order valence-electron chi connectivity index (χ4n) is 4.05. The second-order valence-electron chi connectivity index (χ2n) is 8.53. The number of benzene rings is 1. The number of allylic oxidation sites excluding steroid dienone is 1. The molecule has 8 nitrogen and oxygen atoms in total. The highest BCUT2D eigenvalue weighted by molar-refractivity contribution is 6.17. The molecule has 0 atom stereocenters. The topological polar surface area (TPSA) is 120 Å². The third kappa shape index (κ3) is 6.07. The molecule has 1 saturated carbocycles. The average molecular weight is 462 g/mol. The van der Waals surface area contributed by atoms with Crippen LogP contribution in [0, 0.1) is 23.7 Å². The third-order valence-corrected chi connectivity index (χ3v) is 6.11. The molecule has 1 aliphatic rings. The summed E-state index contributed by atoms with van der Waals surface area (Å²) in [5.41, 5.74) is 3.29. The number of ether oxygens (including phenoxy) is 2. The number of nitrogens with one attached hydrogen (secondary N) is 3. The van der Waals surface area contributed by atoms with E-state index in [0.29, 0.717) is 29.9 Å². The monoisotopic (exact) mass is 461 g/mol. The number of amides is 1. The van der Waals surface area contributed by atoms with Crippen molar-refractivity contribution in [3.63, 3.8) is 0 Å². The zero-order valence-electron chi connectivity index (χ0n) is 19.9. The van der Waals surface area contributed by atoms with Crippen LogP contribution in [0.5, 0.6) is 0 Å². The van der Waals surface area contributed by atoms with Gasteiger partial charge in [0.1, 0.15) is 6.79 Å². The molecule has 0 aliphatic heterocycles. The van der Waals surface area contributed by atoms with Crippen molar-refractivity contribution in [1.29, 1.82) is 10.7 Å². The van der Waals surface area contributed by atoms with Crippen LogP contribution < -0.4 is 10.6 Å². The zero-order valence-corrected chi connectivity index (χ0v) is 19.9. The standard InChI is InChI=1S/C26H31N5O3/c1-18-4-6-20(7-5-18)30-19(2)23(14-27)25(32)31-21-8-9-24(29-15-21)26(16-28)12-10-22(11-13-26)34-17-33-3/h4-9,14-15,22,27,30H,10-13,17H2,1-3H3,(H,31,32)/b23-19+,27-14?/t22-,26-. The maximum absolute atomic E-state index is 12.8. The van der Waals surface area contributed by atoms with E-state index >= 15 is 0 Å². The van der Waals surface area contributed by atoms with Gasteiger partial charge in [-0.05, 0) is 63.8 Å². The van der Waals surface area contributed by atoms with E-state index in [9.17, 15) is 10.1 Å². The highest BCUT2D eigenvalue weighted by Crippen LogP contribution is 2.39. The van der Waals surface area contributed by atoms with Crippen LogP contribution in [0.3, 0.4) is 0 Å². The number of anilines is 2. The number of methoxy groups -OCH3 is 1. The minimum atomic E-state index is -0.663. The minimum Gasteiger partial charge on any atom is -0.359 e. The van der Waals surface area contributed by atoms with Crippen LogP contribution in [0.25, 0.3) is 0 Å². The molecule has 1 amide bonds. The van der Waals surface area contributed by atoms with E-state index in [0.717, 1.165) is 30.3 Å². The summed E-state index contributed by atoms with van der Waals surface area (Å²) in [5, 5.41) is 23.6. The largest absolute Gasteiger partial charge is 0.359 e. The molecule has 34 heavy (non-hydrogen) atoms. The summed E-state index contributed by atoms with van der Waals surface area (Å²) in [7, 11) is 1.59. The van der Waals surface area contributed by atoms with Gasteiger partial charge >= 0.3 is 0 Å². The molecule has 0 bridgehead atoms. The number of nitriles is 1. The lowest BCUT2D eigenvalue weighted by Crippen LogP contribution is -2.34. The van der Waals surface area contributed by atoms with Gasteiger partial charge < -0.3 is 25.5 Å². The van der Waals surface area contributed by atoms with Gasteiger partial charge in [-0.3, -0.25) is 9.78 Å². The summed E-state index contributed by atoms with van der Waals surface area (Å²) in [4.78, 5) is 17.3. The molecule has 1 aromatic carbocycles. The first-order valence-electron chi connectivity index (χ1n) is 11.3. The molecule has 8 heteroatoms. The van der Waals surface area contributed by atoms with Crippen molar-refractivity contribution in [1.82, 2.24) is 4.98 Å². The zero-order chi connectivity index (χ0) is 24.6. The van der Waals surface area contributed by atoms with Gasteiger partial charge in [-0.2, -0.15) is 5.26 Å². The van der Waals surface area contributed by atoms with Gasteiger partial charge in [0, 0.05) is 24.7 Å². The molecule has 178 valence electrons. The summed E-state index contributed by atoms with van der Waals surface area (Å²) < 4.78 is 10.6. The molecular weight excluding hydrogens is 430 g/mol. The quantitative estimate of drug-likeness (QED) is 0.283. The SMILES string of the molecule is COCO[C@H]1CC[C@](C#N)(c2ccc(NC(=O)/C(C=N)=C(\C)Nc3ccc(C)cc3)cn2)CC1. The predicted octanol–water partition coefficient (Wildman–Crippen LogP) is 4.69. The Morgan fingerprint density at radius 3 is 2.44 bits per heavy atom. The van der Waals surface area contributed by atoms with Crippen molar-refractivity contribution < 1.29 is 14.3 Å². The van der Waals surface area contributed by atoms with Crippen molar-refractivity contribution in [3.8, 4) is 6.07 Å². The molecule has 0 unspecified atom stereocenters. The van der Waals surface area contributed by atoms with Crippen LogP contribution in [0.4, 0.5) is 11.4 Å². The van der Waals surface area contributed by atoms with Gasteiger partial charge in [-0.25, -0.2) is 0 Å². The van der Waals surface area contributed by atoms with E-state index in [2.05, 4.69) is 21.7 Å². The molecule has 1 fully saturated rings. The number of carbonyl (C=O) groups excluding carboxylic acids is 1. The molecule has 1 aromatic heterocycles. The van der Waals surface area contributed by atoms with Gasteiger partial charge in [-0.15, -0.1) is 0 Å². The molecular formula is C26H31N5O3. The second kappa shape index (κ2) is 11.5. The lowest BCUT2D eigenvalue weighted by molar-refractivity contribution is -0.112. The van der Waals surface area contributed by atoms with E-state index in [1.165, 1.54) is 0 Å². The Hall–Kier alpha value is -3.54. The number of aryl methyl sites for hydroxylation is 1. The van der Waals surface area contributed by atoms with Gasteiger partial charge in [0.05, 0.1) is 40.7 Å². The first kappa shape index (κ1) is 25.1. The second-order valence-corrected chi connectivity index (χ2v) is 8.53. The van der Waals surface area contributed by atoms with Gasteiger partial charge in [0.2, 0.25) is 0 Å². The summed E-state index contributed by atoms with van der Waals surface area (Å²) in [6, 6.07) is 13.8. The number of pyridine rings is 1. The average Bonchev–Trinajstić information content (AvgIpc) is 2.85. The van der Waals surface area contributed by atoms with E-state index in [1.807, 2.05) is 31.2 Å². The lowest BCUT2D eigenvalue weighted by Gasteiger charge is -2.34. The number of hydrogen-bond donors (Lipinski definition) is 3. The molecule has 0 saturated heterocycles. The molecule has 1 heterocycles. The Morgan fingerprint density at radius 2 is 1.88 bits per heavy atom. The van der Waals surface area contributed by atoms with Crippen LogP contribution in [0.1, 0.15) is 43.9 Å². The first-order chi connectivity index (χ1) is 16.4. The maximum Gasteiger partial charge on any atom is 0.259 e. The fraction of sp³-hybridized carbons (Fsp3) is 0.385. The van der Waals surface area contributed by atoms with Crippen molar-refractivity contribution in [2.45, 2.75) is 51.0 Å². The first-order valence-corrected chi connectivity index (χ1v) is 11.3. The van der Waals surface area contributed by atoms with E-state index < -0.39 is 11.3 Å². The van der Waals surface area contributed by atoms with Gasteiger partial charge in [0.25, 0.3) is 5.91 Å². The molecule has 1 aliphatic carbocycles. The summed E-state index contributed by atoms with van der Waals surface area (Å²) in [6.07, 6.45) is 5.51. The number of aromatic nitrogens is 1. The third-order valence-electron chi connectivity index (χ3n) is 6.11. The molecule has 0 spiro atoms. The fourth-order valence-corrected chi connectivity index (χ4v) is 4.05. The van der Waals surface area contributed by atoms with Crippen LogP contribution in [-0.4, -0.2) is 37.1 Å². The minimum absolute atomic E-state index is 0.0862. The van der Waals surface area contributed by atoms with Crippen LogP contribution >= 0.6 is 0 Å². The van der Waals surface area contributed by atoms with E-state index in [4.69, 9.17) is 14.9 Å². The predicted molar refractivity (Wildman–Crippen MR) is 132 cm³/mol. The summed E-state index contributed by atoms with van der Waals surface area (Å²) in [5.74, 6) is -0.410. The molecule has 3 rings (SSSR count). The Balaban J connectivity index is 1.67. The Labute approximate surface area is 200 Å². The Morgan fingerprint density at radius 1 is 1.21 bits per heavy atom. The van der Waals surface area contributed by atoms with Crippen LogP contribution in [-0.2, 0) is 19.7 Å². The van der Waals surface area contributed by atoms with E-state index in [1.54, 1.807) is 32.4 Å². The van der Waals surface area contributed by atoms with Gasteiger partial charge in [0.15, 0.2) is 0 Å². The van der Waals surface area contributed by atoms with Crippen molar-refractivity contribution in [3.05, 3.63) is 65.1 Å². The van der Waals surface area contributed by atoms with Gasteiger partial charge in [-0.1, -0.05) is 17.7 Å². The number of hydrogen-bond acceptors (Lipinski definition) is 7. The Bertz CT molecular complexity index is 1060. The number of carbonyl (C=O) groups is 1. The Kier molecular flexibility index (Phi) is 8.52. The van der Waals surface area contributed by atoms with Crippen molar-refractivity contribution in [2.75, 3.05) is 24.5 Å². The number of rotatable bonds is 9. The van der Waals surface area contributed by atoms with Crippen LogP contribution in [0.2, 0.25) is 0 Å². The highest BCUT2D eigenvalue weighted by atomic mass is 16.7. The molecule has 2 aromatic rings. The van der Waals surface area contributed by atoms with Crippen molar-refractivity contribution >= 4 is 23.5 Å². The maximum atomic E-state index is 12.8. The van der Waals surface area contributed by atoms with Crippen molar-refractivity contribution in [2.24, 2.45) is 0 Å². The normalized spacial score (nSPS) is 20.6. The smallest absolute Gasteiger partial charge is 0.259 e. The summed E-state index contributed by atoms with van der Waals surface area (Å²) >= 11 is 0. The lowest BCUT2D eigenvalue weighted by atomic mass is 9.72. The number of nitrogens with zero attached hydrogens (tertiary/aromatic N) is 2. The molecule has 3 N–H and O–H groups in total. The highest BCUT2D eigenvalue weighted by Gasteiger charge is 2.38. The summed E-state index contributed by atoms with van der Waals surface area (Å²) in [6.45, 7) is 4.01. The van der Waals surface area contributed by atoms with E-state index in [-0.39, 0.29) is 18.5 Å².